The fourth-order valence-electron chi connectivity index (χ4n) is 2.51. The number of aromatic nitrogens is 1. The van der Waals surface area contributed by atoms with Gasteiger partial charge in [-0.05, 0) is 35.9 Å². The number of benzene rings is 1. The van der Waals surface area contributed by atoms with Gasteiger partial charge in [0.2, 0.25) is 0 Å². The summed E-state index contributed by atoms with van der Waals surface area (Å²) in [6.45, 7) is -0.0485. The van der Waals surface area contributed by atoms with E-state index in [0.29, 0.717) is 23.1 Å². The Bertz CT molecular complexity index is 905. The maximum Gasteiger partial charge on any atom is 0.416 e. The molecular weight excluding hydrogens is 338 g/mol. The number of anilines is 1. The number of nitrogen functional groups attached to an aromatic ring is 1. The van der Waals surface area contributed by atoms with Crippen molar-refractivity contribution >= 4 is 5.82 Å². The van der Waals surface area contributed by atoms with Gasteiger partial charge in [0.05, 0.1) is 11.8 Å². The number of rotatable bonds is 3. The van der Waals surface area contributed by atoms with Crippen LogP contribution in [0.4, 0.5) is 23.4 Å². The summed E-state index contributed by atoms with van der Waals surface area (Å²) in [5.41, 5.74) is 11.4. The van der Waals surface area contributed by atoms with Crippen LogP contribution in [0.15, 0.2) is 47.1 Å². The number of nitrogens with zero attached hydrogens (tertiary/aromatic N) is 1. The van der Waals surface area contributed by atoms with E-state index >= 15 is 0 Å². The predicted octanol–water partition coefficient (Wildman–Crippen LogP) is 4.21. The van der Waals surface area contributed by atoms with Crippen LogP contribution < -0.4 is 11.5 Å². The first-order valence-corrected chi connectivity index (χ1v) is 7.21. The standard InChI is InChI=1S/C17H13F4N3O/c18-13-6-9(17(19,20)21)3-4-10(13)11-7-14(15-2-1-5-25-15)24-16(23)12(11)8-22/h1-7H,8,22H2,(H2,23,24). The van der Waals surface area contributed by atoms with Crippen molar-refractivity contribution in [3.05, 3.63) is 59.6 Å². The first kappa shape index (κ1) is 17.0. The van der Waals surface area contributed by atoms with E-state index in [2.05, 4.69) is 4.98 Å². The van der Waals surface area contributed by atoms with Gasteiger partial charge in [-0.25, -0.2) is 9.37 Å². The molecule has 4 nitrogen and oxygen atoms in total. The van der Waals surface area contributed by atoms with Gasteiger partial charge < -0.3 is 15.9 Å². The number of pyridine rings is 1. The first-order valence-electron chi connectivity index (χ1n) is 7.21. The molecule has 4 N–H and O–H groups in total. The minimum atomic E-state index is -4.63. The van der Waals surface area contributed by atoms with E-state index in [-0.39, 0.29) is 23.5 Å². The Morgan fingerprint density at radius 2 is 1.84 bits per heavy atom. The molecular formula is C17H13F4N3O. The van der Waals surface area contributed by atoms with E-state index in [9.17, 15) is 17.6 Å². The molecule has 130 valence electrons. The van der Waals surface area contributed by atoms with Crippen molar-refractivity contribution in [2.75, 3.05) is 5.73 Å². The smallest absolute Gasteiger partial charge is 0.416 e. The highest BCUT2D eigenvalue weighted by molar-refractivity contribution is 5.76. The monoisotopic (exact) mass is 351 g/mol. The van der Waals surface area contributed by atoms with Crippen LogP contribution in [0.25, 0.3) is 22.6 Å². The van der Waals surface area contributed by atoms with E-state index in [0.717, 1.165) is 12.1 Å². The molecule has 0 aliphatic carbocycles. The van der Waals surface area contributed by atoms with Crippen molar-refractivity contribution in [1.82, 2.24) is 4.98 Å². The molecule has 0 unspecified atom stereocenters. The second-order valence-corrected chi connectivity index (χ2v) is 5.29. The van der Waals surface area contributed by atoms with Gasteiger partial charge in [0.15, 0.2) is 5.76 Å². The summed E-state index contributed by atoms with van der Waals surface area (Å²) < 4.78 is 57.8. The highest BCUT2D eigenvalue weighted by Gasteiger charge is 2.31. The van der Waals surface area contributed by atoms with Crippen LogP contribution in [0.2, 0.25) is 0 Å². The largest absolute Gasteiger partial charge is 0.463 e. The number of halogens is 4. The van der Waals surface area contributed by atoms with Gasteiger partial charge in [-0.15, -0.1) is 0 Å². The molecule has 0 amide bonds. The van der Waals surface area contributed by atoms with Crippen LogP contribution in [-0.2, 0) is 12.7 Å². The van der Waals surface area contributed by atoms with Crippen molar-refractivity contribution in [3.63, 3.8) is 0 Å². The van der Waals surface area contributed by atoms with Crippen LogP contribution >= 0.6 is 0 Å². The summed E-state index contributed by atoms with van der Waals surface area (Å²) in [6, 6.07) is 7.07. The summed E-state index contributed by atoms with van der Waals surface area (Å²) in [5.74, 6) is -0.574. The summed E-state index contributed by atoms with van der Waals surface area (Å²) in [5, 5.41) is 0. The average Bonchev–Trinajstić information content (AvgIpc) is 3.07. The van der Waals surface area contributed by atoms with Crippen molar-refractivity contribution in [2.45, 2.75) is 12.7 Å². The summed E-state index contributed by atoms with van der Waals surface area (Å²) in [4.78, 5) is 4.16. The van der Waals surface area contributed by atoms with E-state index in [1.807, 2.05) is 0 Å². The number of hydrogen-bond donors (Lipinski definition) is 2. The highest BCUT2D eigenvalue weighted by Crippen LogP contribution is 2.36. The lowest BCUT2D eigenvalue weighted by Crippen LogP contribution is -2.09. The van der Waals surface area contributed by atoms with Crippen LogP contribution in [0.1, 0.15) is 11.1 Å². The number of nitrogens with two attached hydrogens (primary N) is 2. The third-order valence-electron chi connectivity index (χ3n) is 3.72. The maximum atomic E-state index is 14.4. The van der Waals surface area contributed by atoms with Gasteiger partial charge in [0.25, 0.3) is 0 Å². The summed E-state index contributed by atoms with van der Waals surface area (Å²) in [6.07, 6.45) is -3.20. The number of alkyl halides is 3. The zero-order chi connectivity index (χ0) is 18.2. The maximum absolute atomic E-state index is 14.4. The van der Waals surface area contributed by atoms with Crippen LogP contribution in [0, 0.1) is 5.82 Å². The Morgan fingerprint density at radius 1 is 1.08 bits per heavy atom. The highest BCUT2D eigenvalue weighted by atomic mass is 19.4. The molecule has 0 saturated carbocycles. The van der Waals surface area contributed by atoms with Crippen LogP contribution in [-0.4, -0.2) is 4.98 Å². The molecule has 3 aromatic rings. The van der Waals surface area contributed by atoms with Gasteiger partial charge >= 0.3 is 6.18 Å². The Kier molecular flexibility index (Phi) is 4.22. The molecule has 0 atom stereocenters. The topological polar surface area (TPSA) is 78.1 Å². The second-order valence-electron chi connectivity index (χ2n) is 5.29. The predicted molar refractivity (Wildman–Crippen MR) is 84.6 cm³/mol. The van der Waals surface area contributed by atoms with Crippen molar-refractivity contribution < 1.29 is 22.0 Å². The summed E-state index contributed by atoms with van der Waals surface area (Å²) >= 11 is 0. The normalized spacial score (nSPS) is 11.7. The first-order chi connectivity index (χ1) is 11.8. The Labute approximate surface area is 140 Å². The molecule has 0 bridgehead atoms. The molecule has 0 aliphatic rings. The zero-order valence-corrected chi connectivity index (χ0v) is 12.8. The third kappa shape index (κ3) is 3.20. The molecule has 0 spiro atoms. The van der Waals surface area contributed by atoms with E-state index < -0.39 is 17.6 Å². The lowest BCUT2D eigenvalue weighted by atomic mass is 9.97. The van der Waals surface area contributed by atoms with Crippen molar-refractivity contribution in [1.29, 1.82) is 0 Å². The van der Waals surface area contributed by atoms with Gasteiger partial charge in [0.1, 0.15) is 17.3 Å². The molecule has 8 heteroatoms. The lowest BCUT2D eigenvalue weighted by Gasteiger charge is -2.14. The number of hydrogen-bond acceptors (Lipinski definition) is 4. The molecule has 0 radical (unpaired) electrons. The quantitative estimate of drug-likeness (QED) is 0.693. The molecule has 3 rings (SSSR count). The molecule has 0 fully saturated rings. The van der Waals surface area contributed by atoms with Gasteiger partial charge in [0, 0.05) is 17.7 Å². The average molecular weight is 351 g/mol. The fraction of sp³-hybridized carbons (Fsp3) is 0.118. The summed E-state index contributed by atoms with van der Waals surface area (Å²) in [7, 11) is 0. The lowest BCUT2D eigenvalue weighted by molar-refractivity contribution is -0.137. The fourth-order valence-corrected chi connectivity index (χ4v) is 2.51. The zero-order valence-electron chi connectivity index (χ0n) is 12.8. The minimum Gasteiger partial charge on any atom is -0.463 e. The van der Waals surface area contributed by atoms with E-state index in [1.54, 1.807) is 12.1 Å². The Balaban J connectivity index is 2.19. The second kappa shape index (κ2) is 6.21. The molecule has 2 aromatic heterocycles. The molecule has 0 aliphatic heterocycles. The molecule has 2 heterocycles. The van der Waals surface area contributed by atoms with Gasteiger partial charge in [-0.1, -0.05) is 6.07 Å². The van der Waals surface area contributed by atoms with Crippen molar-refractivity contribution in [3.8, 4) is 22.6 Å². The Hall–Kier alpha value is -2.87. The van der Waals surface area contributed by atoms with E-state index in [1.165, 1.54) is 12.3 Å². The van der Waals surface area contributed by atoms with Crippen LogP contribution in [0.5, 0.6) is 0 Å². The third-order valence-corrected chi connectivity index (χ3v) is 3.72. The van der Waals surface area contributed by atoms with Crippen molar-refractivity contribution in [2.24, 2.45) is 5.73 Å². The van der Waals surface area contributed by atoms with Crippen LogP contribution in [0.3, 0.4) is 0 Å². The minimum absolute atomic E-state index is 0.0460. The SMILES string of the molecule is NCc1c(-c2ccc(C(F)(F)F)cc2F)cc(-c2ccco2)nc1N. The molecule has 25 heavy (non-hydrogen) atoms. The Morgan fingerprint density at radius 3 is 2.40 bits per heavy atom. The molecule has 0 saturated heterocycles. The number of furan rings is 1. The van der Waals surface area contributed by atoms with E-state index in [4.69, 9.17) is 15.9 Å². The van der Waals surface area contributed by atoms with Gasteiger partial charge in [-0.2, -0.15) is 13.2 Å². The van der Waals surface area contributed by atoms with Gasteiger partial charge in [-0.3, -0.25) is 0 Å². The molecule has 1 aromatic carbocycles.